The summed E-state index contributed by atoms with van der Waals surface area (Å²) in [6, 6.07) is 4.46. The van der Waals surface area contributed by atoms with Crippen molar-refractivity contribution >= 4 is 22.7 Å². The molecule has 1 aromatic carbocycles. The number of hydrogen-bond donors (Lipinski definition) is 1. The summed E-state index contributed by atoms with van der Waals surface area (Å²) in [7, 11) is 1.33. The van der Waals surface area contributed by atoms with Crippen molar-refractivity contribution in [2.24, 2.45) is 5.73 Å². The first kappa shape index (κ1) is 29.3. The third-order valence-electron chi connectivity index (χ3n) is 6.70. The molecule has 3 aromatic rings. The second-order valence-corrected chi connectivity index (χ2v) is 9.95. The number of carbonyl (C=O) groups excluding carboxylic acids is 2. The van der Waals surface area contributed by atoms with Gasteiger partial charge in [0.25, 0.3) is 11.8 Å². The molecule has 0 spiro atoms. The van der Waals surface area contributed by atoms with Crippen LogP contribution in [-0.2, 0) is 15.7 Å². The van der Waals surface area contributed by atoms with Crippen molar-refractivity contribution in [3.63, 3.8) is 0 Å². The lowest BCUT2D eigenvalue weighted by Gasteiger charge is -2.38. The van der Waals surface area contributed by atoms with Crippen LogP contribution in [0.4, 0.5) is 13.2 Å². The first-order chi connectivity index (χ1) is 18.8. The van der Waals surface area contributed by atoms with Crippen LogP contribution in [0.25, 0.3) is 22.4 Å². The molecule has 0 bridgehead atoms. The highest BCUT2D eigenvalue weighted by Gasteiger charge is 2.37. The molecule has 1 aliphatic heterocycles. The van der Waals surface area contributed by atoms with Crippen molar-refractivity contribution in [1.82, 2.24) is 19.8 Å². The number of oxazole rings is 1. The number of halogens is 3. The van der Waals surface area contributed by atoms with Gasteiger partial charge in [-0.2, -0.15) is 13.2 Å². The van der Waals surface area contributed by atoms with Gasteiger partial charge in [-0.15, -0.1) is 0 Å². The van der Waals surface area contributed by atoms with Gasteiger partial charge in [0.1, 0.15) is 22.6 Å². The summed E-state index contributed by atoms with van der Waals surface area (Å²) in [6.07, 6.45) is -4.65. The molecule has 216 valence electrons. The molecule has 2 aromatic heterocycles. The Balaban J connectivity index is 1.65. The Hall–Kier alpha value is -3.71. The van der Waals surface area contributed by atoms with E-state index in [9.17, 15) is 22.8 Å². The minimum atomic E-state index is -4.65. The number of piperazine rings is 1. The molecule has 40 heavy (non-hydrogen) atoms. The van der Waals surface area contributed by atoms with Crippen molar-refractivity contribution < 1.29 is 36.7 Å². The first-order valence-corrected chi connectivity index (χ1v) is 12.8. The summed E-state index contributed by atoms with van der Waals surface area (Å²) in [5.74, 6) is -0.291. The minimum absolute atomic E-state index is 0.00302. The summed E-state index contributed by atoms with van der Waals surface area (Å²) < 4.78 is 56.7. The summed E-state index contributed by atoms with van der Waals surface area (Å²) in [5, 5.41) is 0.299. The third-order valence-corrected chi connectivity index (χ3v) is 6.70. The lowest BCUT2D eigenvalue weighted by molar-refractivity contribution is -0.155. The number of amides is 2. The number of nitrogens with zero attached hydrogens (tertiary/aromatic N) is 4. The van der Waals surface area contributed by atoms with Crippen molar-refractivity contribution in [1.29, 1.82) is 0 Å². The number of rotatable bonds is 7. The molecule has 10 nitrogen and oxygen atoms in total. The van der Waals surface area contributed by atoms with E-state index in [0.717, 1.165) is 6.07 Å². The van der Waals surface area contributed by atoms with Gasteiger partial charge < -0.3 is 29.4 Å². The van der Waals surface area contributed by atoms with E-state index < -0.39 is 29.4 Å². The maximum absolute atomic E-state index is 13.5. The van der Waals surface area contributed by atoms with Crippen molar-refractivity contribution in [2.75, 3.05) is 39.9 Å². The molecule has 1 fully saturated rings. The highest BCUT2D eigenvalue weighted by molar-refractivity contribution is 5.98. The highest BCUT2D eigenvalue weighted by Crippen LogP contribution is 2.37. The fourth-order valence-electron chi connectivity index (χ4n) is 4.68. The zero-order valence-electron chi connectivity index (χ0n) is 23.0. The number of pyridine rings is 1. The van der Waals surface area contributed by atoms with Crippen LogP contribution in [0, 0.1) is 0 Å². The maximum atomic E-state index is 13.5. The maximum Gasteiger partial charge on any atom is 0.433 e. The summed E-state index contributed by atoms with van der Waals surface area (Å²) in [6.45, 7) is 8.44. The number of benzene rings is 1. The molecular formula is C27H32F3N5O5. The molecule has 3 heterocycles. The average molecular weight is 564 g/mol. The molecule has 2 amide bonds. The fraction of sp³-hybridized carbons (Fsp3) is 0.481. The average Bonchev–Trinajstić information content (AvgIpc) is 3.36. The SMILES string of the molecule is CCOC(C)(C)C(=O)N1CCN(C(=O)c2nc(-c3ccc(OC)c4nc(C(F)(F)F)ccc34)oc2[C@H](C)N)CC1. The molecule has 1 saturated heterocycles. The molecule has 0 unspecified atom stereocenters. The summed E-state index contributed by atoms with van der Waals surface area (Å²) >= 11 is 0. The smallest absolute Gasteiger partial charge is 0.433 e. The van der Waals surface area contributed by atoms with Gasteiger partial charge in [0, 0.05) is 43.7 Å². The molecule has 1 aliphatic rings. The Morgan fingerprint density at radius 3 is 2.30 bits per heavy atom. The number of carbonyl (C=O) groups is 2. The van der Waals surface area contributed by atoms with E-state index in [4.69, 9.17) is 19.6 Å². The summed E-state index contributed by atoms with van der Waals surface area (Å²) in [5.41, 5.74) is 4.37. The van der Waals surface area contributed by atoms with Crippen LogP contribution < -0.4 is 10.5 Å². The molecular weight excluding hydrogens is 531 g/mol. The second-order valence-electron chi connectivity index (χ2n) is 9.95. The van der Waals surface area contributed by atoms with Crippen LogP contribution in [0.5, 0.6) is 5.75 Å². The van der Waals surface area contributed by atoms with Gasteiger partial charge in [0.15, 0.2) is 11.5 Å². The van der Waals surface area contributed by atoms with Crippen molar-refractivity contribution in [3.8, 4) is 17.2 Å². The zero-order chi connectivity index (χ0) is 29.4. The van der Waals surface area contributed by atoms with E-state index in [-0.39, 0.29) is 47.6 Å². The Kier molecular flexibility index (Phi) is 8.08. The van der Waals surface area contributed by atoms with E-state index in [1.807, 2.05) is 6.92 Å². The van der Waals surface area contributed by atoms with Crippen molar-refractivity contribution in [2.45, 2.75) is 45.5 Å². The van der Waals surface area contributed by atoms with E-state index in [2.05, 4.69) is 9.97 Å². The monoisotopic (exact) mass is 563 g/mol. The first-order valence-electron chi connectivity index (χ1n) is 12.8. The van der Waals surface area contributed by atoms with Crippen LogP contribution in [0.15, 0.2) is 28.7 Å². The lowest BCUT2D eigenvalue weighted by atomic mass is 10.1. The molecule has 0 radical (unpaired) electrons. The number of fused-ring (bicyclic) bond motifs is 1. The van der Waals surface area contributed by atoms with Gasteiger partial charge in [-0.05, 0) is 52.0 Å². The van der Waals surface area contributed by atoms with E-state index in [1.165, 1.54) is 19.2 Å². The van der Waals surface area contributed by atoms with Gasteiger partial charge in [-0.1, -0.05) is 0 Å². The number of alkyl halides is 3. The Bertz CT molecular complexity index is 1410. The quantitative estimate of drug-likeness (QED) is 0.457. The van der Waals surface area contributed by atoms with Crippen LogP contribution in [0.1, 0.15) is 55.7 Å². The van der Waals surface area contributed by atoms with E-state index >= 15 is 0 Å². The second kappa shape index (κ2) is 11.0. The zero-order valence-corrected chi connectivity index (χ0v) is 23.0. The van der Waals surface area contributed by atoms with Crippen LogP contribution in [0.2, 0.25) is 0 Å². The Labute approximate surface area is 229 Å². The number of aromatic nitrogens is 2. The number of methoxy groups -OCH3 is 1. The Morgan fingerprint density at radius 2 is 1.73 bits per heavy atom. The van der Waals surface area contributed by atoms with Gasteiger partial charge in [-0.3, -0.25) is 9.59 Å². The van der Waals surface area contributed by atoms with E-state index in [1.54, 1.807) is 36.6 Å². The molecule has 0 aliphatic carbocycles. The molecule has 1 atom stereocenters. The van der Waals surface area contributed by atoms with E-state index in [0.29, 0.717) is 30.6 Å². The summed E-state index contributed by atoms with van der Waals surface area (Å²) in [4.78, 5) is 37.8. The highest BCUT2D eigenvalue weighted by atomic mass is 19.4. The standard InChI is InChI=1S/C27H32F3N5O5/c1-6-39-26(3,4)25(37)35-13-11-34(12-14-35)24(36)21-22(15(2)31)40-23(33-21)17-7-9-18(38-5)20-16(17)8-10-19(32-20)27(28,29)30/h7-10,15H,6,11-14,31H2,1-5H3/t15-/m0/s1. The minimum Gasteiger partial charge on any atom is -0.494 e. The Morgan fingerprint density at radius 1 is 1.07 bits per heavy atom. The number of hydrogen-bond acceptors (Lipinski definition) is 8. The van der Waals surface area contributed by atoms with Gasteiger partial charge in [0.05, 0.1) is 13.2 Å². The predicted molar refractivity (Wildman–Crippen MR) is 140 cm³/mol. The predicted octanol–water partition coefficient (Wildman–Crippen LogP) is 4.04. The fourth-order valence-corrected chi connectivity index (χ4v) is 4.68. The van der Waals surface area contributed by atoms with Crippen molar-refractivity contribution in [3.05, 3.63) is 41.4 Å². The van der Waals surface area contributed by atoms with Gasteiger partial charge in [0.2, 0.25) is 5.89 Å². The van der Waals surface area contributed by atoms with Crippen LogP contribution >= 0.6 is 0 Å². The topological polar surface area (TPSA) is 124 Å². The van der Waals surface area contributed by atoms with Crippen LogP contribution in [-0.4, -0.2) is 77.1 Å². The molecule has 2 N–H and O–H groups in total. The lowest BCUT2D eigenvalue weighted by Crippen LogP contribution is -2.55. The molecule has 13 heteroatoms. The largest absolute Gasteiger partial charge is 0.494 e. The number of nitrogens with two attached hydrogens (primary N) is 1. The normalized spacial score (nSPS) is 15.4. The van der Waals surface area contributed by atoms with Gasteiger partial charge >= 0.3 is 6.18 Å². The molecule has 0 saturated carbocycles. The van der Waals surface area contributed by atoms with Crippen LogP contribution in [0.3, 0.4) is 0 Å². The van der Waals surface area contributed by atoms with Gasteiger partial charge in [-0.25, -0.2) is 9.97 Å². The molecule has 4 rings (SSSR count). The third kappa shape index (κ3) is 5.61. The number of ether oxygens (including phenoxy) is 2.